The molecule has 0 aliphatic heterocycles. The summed E-state index contributed by atoms with van der Waals surface area (Å²) >= 11 is 0. The van der Waals surface area contributed by atoms with Crippen molar-refractivity contribution in [1.29, 1.82) is 0 Å². The van der Waals surface area contributed by atoms with Gasteiger partial charge in [-0.1, -0.05) is 34.6 Å². The minimum absolute atomic E-state index is 0.222. The summed E-state index contributed by atoms with van der Waals surface area (Å²) in [5.41, 5.74) is 3.20. The van der Waals surface area contributed by atoms with E-state index in [-0.39, 0.29) is 11.9 Å². The molecule has 0 saturated heterocycles. The lowest BCUT2D eigenvalue weighted by Crippen LogP contribution is -2.24. The van der Waals surface area contributed by atoms with Gasteiger partial charge in [-0.25, -0.2) is 4.79 Å². The van der Waals surface area contributed by atoms with Crippen LogP contribution in [0, 0.1) is 0 Å². The summed E-state index contributed by atoms with van der Waals surface area (Å²) in [6.45, 7) is 10.5. The molecule has 108 valence electrons. The van der Waals surface area contributed by atoms with Gasteiger partial charge in [0.05, 0.1) is 11.4 Å². The largest absolute Gasteiger partial charge is 0.369 e. The standard InChI is InChI=1S/C15H22N4O/c1-6-12-13(10(2)3)17-19(14(12)11(4)5)15(20)18-9-7-8-16-18/h7-11H,6H2,1-5H3. The molecule has 0 spiro atoms. The van der Waals surface area contributed by atoms with Gasteiger partial charge in [-0.3, -0.25) is 0 Å². The van der Waals surface area contributed by atoms with E-state index in [0.29, 0.717) is 5.92 Å². The smallest absolute Gasteiger partial charge is 0.244 e. The van der Waals surface area contributed by atoms with Gasteiger partial charge in [-0.2, -0.15) is 19.6 Å². The van der Waals surface area contributed by atoms with Gasteiger partial charge in [0.15, 0.2) is 0 Å². The molecule has 0 bridgehead atoms. The first kappa shape index (κ1) is 14.5. The Morgan fingerprint density at radius 1 is 1.25 bits per heavy atom. The SMILES string of the molecule is CCc1c(C(C)C)nn(C(=O)n2cccn2)c1C(C)C. The van der Waals surface area contributed by atoms with Gasteiger partial charge >= 0.3 is 6.03 Å². The summed E-state index contributed by atoms with van der Waals surface area (Å²) in [7, 11) is 0. The molecule has 5 heteroatoms. The fraction of sp³-hybridized carbons (Fsp3) is 0.533. The molecule has 0 fully saturated rings. The van der Waals surface area contributed by atoms with Crippen LogP contribution in [-0.2, 0) is 6.42 Å². The Kier molecular flexibility index (Phi) is 4.06. The van der Waals surface area contributed by atoms with E-state index in [9.17, 15) is 4.79 Å². The van der Waals surface area contributed by atoms with Gasteiger partial charge in [0.2, 0.25) is 0 Å². The van der Waals surface area contributed by atoms with Crippen LogP contribution in [0.3, 0.4) is 0 Å². The van der Waals surface area contributed by atoms with Gasteiger partial charge < -0.3 is 0 Å². The van der Waals surface area contributed by atoms with E-state index in [1.54, 1.807) is 18.5 Å². The molecule has 0 saturated carbocycles. The second kappa shape index (κ2) is 5.61. The van der Waals surface area contributed by atoms with Gasteiger partial charge in [-0.15, -0.1) is 0 Å². The molecule has 0 N–H and O–H groups in total. The topological polar surface area (TPSA) is 52.7 Å². The first-order chi connectivity index (χ1) is 9.47. The van der Waals surface area contributed by atoms with Crippen LogP contribution in [0.5, 0.6) is 0 Å². The van der Waals surface area contributed by atoms with Gasteiger partial charge in [0.1, 0.15) is 0 Å². The first-order valence-electron chi connectivity index (χ1n) is 7.13. The van der Waals surface area contributed by atoms with Crippen molar-refractivity contribution in [3.8, 4) is 0 Å². The van der Waals surface area contributed by atoms with Crippen molar-refractivity contribution in [3.63, 3.8) is 0 Å². The number of rotatable bonds is 3. The number of carbonyl (C=O) groups excluding carboxylic acids is 1. The number of hydrogen-bond acceptors (Lipinski definition) is 3. The summed E-state index contributed by atoms with van der Waals surface area (Å²) in [4.78, 5) is 12.5. The summed E-state index contributed by atoms with van der Waals surface area (Å²) in [6.07, 6.45) is 4.13. The fourth-order valence-electron chi connectivity index (χ4n) is 2.53. The predicted octanol–water partition coefficient (Wildman–Crippen LogP) is 3.41. The minimum atomic E-state index is -0.222. The van der Waals surface area contributed by atoms with Crippen LogP contribution in [0.2, 0.25) is 0 Å². The molecule has 0 aromatic carbocycles. The molecule has 2 rings (SSSR count). The third kappa shape index (κ3) is 2.40. The van der Waals surface area contributed by atoms with E-state index >= 15 is 0 Å². The van der Waals surface area contributed by atoms with Crippen molar-refractivity contribution in [3.05, 3.63) is 35.4 Å². The molecule has 0 unspecified atom stereocenters. The lowest BCUT2D eigenvalue weighted by molar-refractivity contribution is 0.237. The number of aromatic nitrogens is 4. The van der Waals surface area contributed by atoms with Crippen molar-refractivity contribution < 1.29 is 4.79 Å². The molecule has 0 amide bonds. The van der Waals surface area contributed by atoms with Crippen LogP contribution in [0.25, 0.3) is 0 Å². The zero-order valence-corrected chi connectivity index (χ0v) is 12.8. The van der Waals surface area contributed by atoms with Crippen molar-refractivity contribution in [2.75, 3.05) is 0 Å². The Hall–Kier alpha value is -1.91. The molecule has 0 radical (unpaired) electrons. The zero-order valence-electron chi connectivity index (χ0n) is 12.8. The maximum absolute atomic E-state index is 12.5. The highest BCUT2D eigenvalue weighted by atomic mass is 16.2. The Morgan fingerprint density at radius 3 is 2.40 bits per heavy atom. The van der Waals surface area contributed by atoms with E-state index in [4.69, 9.17) is 0 Å². The number of hydrogen-bond donors (Lipinski definition) is 0. The molecule has 0 aliphatic carbocycles. The average Bonchev–Trinajstić information content (AvgIpc) is 3.04. The molecule has 5 nitrogen and oxygen atoms in total. The van der Waals surface area contributed by atoms with E-state index < -0.39 is 0 Å². The normalized spacial score (nSPS) is 11.6. The third-order valence-corrected chi connectivity index (χ3v) is 3.38. The molecule has 2 aromatic rings. The van der Waals surface area contributed by atoms with E-state index in [1.165, 1.54) is 14.9 Å². The maximum Gasteiger partial charge on any atom is 0.369 e. The number of carbonyl (C=O) groups is 1. The lowest BCUT2D eigenvalue weighted by atomic mass is 9.97. The molecular weight excluding hydrogens is 252 g/mol. The average molecular weight is 274 g/mol. The van der Waals surface area contributed by atoms with Crippen LogP contribution in [0.1, 0.15) is 63.4 Å². The van der Waals surface area contributed by atoms with Gasteiger partial charge in [0.25, 0.3) is 0 Å². The molecule has 2 heterocycles. The molecule has 0 atom stereocenters. The van der Waals surface area contributed by atoms with Crippen molar-refractivity contribution in [2.45, 2.75) is 52.9 Å². The molecule has 2 aromatic heterocycles. The Morgan fingerprint density at radius 2 is 1.95 bits per heavy atom. The molecule has 0 aliphatic rings. The Bertz CT molecular complexity index is 594. The highest BCUT2D eigenvalue weighted by molar-refractivity contribution is 5.78. The monoisotopic (exact) mass is 274 g/mol. The minimum Gasteiger partial charge on any atom is -0.244 e. The van der Waals surface area contributed by atoms with Crippen LogP contribution in [0.15, 0.2) is 18.5 Å². The number of nitrogens with zero attached hydrogens (tertiary/aromatic N) is 4. The molecular formula is C15H22N4O. The Labute approximate surface area is 119 Å². The molecule has 20 heavy (non-hydrogen) atoms. The van der Waals surface area contributed by atoms with E-state index in [0.717, 1.165) is 17.8 Å². The fourth-order valence-corrected chi connectivity index (χ4v) is 2.53. The van der Waals surface area contributed by atoms with Gasteiger partial charge in [-0.05, 0) is 29.9 Å². The third-order valence-electron chi connectivity index (χ3n) is 3.38. The van der Waals surface area contributed by atoms with E-state index in [2.05, 4.69) is 44.8 Å². The quantitative estimate of drug-likeness (QED) is 0.862. The summed E-state index contributed by atoms with van der Waals surface area (Å²) in [5, 5.41) is 8.57. The van der Waals surface area contributed by atoms with Gasteiger partial charge in [0, 0.05) is 12.4 Å². The maximum atomic E-state index is 12.5. The Balaban J connectivity index is 2.60. The highest BCUT2D eigenvalue weighted by Crippen LogP contribution is 2.28. The second-order valence-corrected chi connectivity index (χ2v) is 5.56. The predicted molar refractivity (Wildman–Crippen MR) is 78.2 cm³/mol. The van der Waals surface area contributed by atoms with E-state index in [1.807, 2.05) is 0 Å². The highest BCUT2D eigenvalue weighted by Gasteiger charge is 2.24. The second-order valence-electron chi connectivity index (χ2n) is 5.56. The summed E-state index contributed by atoms with van der Waals surface area (Å²) < 4.78 is 2.84. The summed E-state index contributed by atoms with van der Waals surface area (Å²) in [6, 6.07) is 1.51. The first-order valence-corrected chi connectivity index (χ1v) is 7.13. The summed E-state index contributed by atoms with van der Waals surface area (Å²) in [5.74, 6) is 0.540. The lowest BCUT2D eigenvalue weighted by Gasteiger charge is -2.11. The van der Waals surface area contributed by atoms with Crippen molar-refractivity contribution in [2.24, 2.45) is 0 Å². The van der Waals surface area contributed by atoms with Crippen LogP contribution in [-0.4, -0.2) is 25.6 Å². The van der Waals surface area contributed by atoms with Crippen LogP contribution < -0.4 is 0 Å². The van der Waals surface area contributed by atoms with Crippen molar-refractivity contribution in [1.82, 2.24) is 19.6 Å². The van der Waals surface area contributed by atoms with Crippen molar-refractivity contribution >= 4 is 6.03 Å². The van der Waals surface area contributed by atoms with Crippen LogP contribution in [0.4, 0.5) is 4.79 Å². The zero-order chi connectivity index (χ0) is 14.9. The van der Waals surface area contributed by atoms with Crippen LogP contribution >= 0.6 is 0 Å².